The zero-order valence-electron chi connectivity index (χ0n) is 17.6. The molecule has 0 unspecified atom stereocenters. The van der Waals surface area contributed by atoms with Crippen LogP contribution in [0.3, 0.4) is 0 Å². The standard InChI is InChI=1S/C24H27N3O4/c1-16-7-2-5-11-21(16)27-15-17(13-22(27)28)23(29)26-20-10-4-3-9-19(20)24(30)25-14-18-8-6-12-31-18/h2-5,7,9-11,17-18H,6,8,12-15H2,1H3,(H,25,30)(H,26,29)/t17-,18+/m1/s1. The van der Waals surface area contributed by atoms with Gasteiger partial charge in [0.15, 0.2) is 0 Å². The van der Waals surface area contributed by atoms with Crippen LogP contribution in [0.15, 0.2) is 48.5 Å². The van der Waals surface area contributed by atoms with Gasteiger partial charge in [-0.1, -0.05) is 30.3 Å². The first-order valence-corrected chi connectivity index (χ1v) is 10.7. The fourth-order valence-corrected chi connectivity index (χ4v) is 4.11. The molecule has 2 saturated heterocycles. The molecule has 2 aromatic carbocycles. The molecule has 0 radical (unpaired) electrons. The zero-order valence-corrected chi connectivity index (χ0v) is 17.6. The van der Waals surface area contributed by atoms with E-state index in [1.165, 1.54) is 0 Å². The molecule has 0 aliphatic carbocycles. The Morgan fingerprint density at radius 1 is 1.13 bits per heavy atom. The number of carbonyl (C=O) groups excluding carboxylic acids is 3. The summed E-state index contributed by atoms with van der Waals surface area (Å²) in [5.41, 5.74) is 2.66. The van der Waals surface area contributed by atoms with E-state index in [9.17, 15) is 14.4 Å². The summed E-state index contributed by atoms with van der Waals surface area (Å²) in [6.07, 6.45) is 2.13. The normalized spacial score (nSPS) is 20.7. The van der Waals surface area contributed by atoms with Crippen molar-refractivity contribution < 1.29 is 19.1 Å². The van der Waals surface area contributed by atoms with Gasteiger partial charge in [-0.3, -0.25) is 14.4 Å². The predicted molar refractivity (Wildman–Crippen MR) is 118 cm³/mol. The fourth-order valence-electron chi connectivity index (χ4n) is 4.11. The second-order valence-corrected chi connectivity index (χ2v) is 8.07. The van der Waals surface area contributed by atoms with E-state index < -0.39 is 5.92 Å². The van der Waals surface area contributed by atoms with Gasteiger partial charge in [0.25, 0.3) is 5.91 Å². The minimum atomic E-state index is -0.477. The number of amides is 3. The number of ether oxygens (including phenoxy) is 1. The van der Waals surface area contributed by atoms with Crippen LogP contribution in [0.5, 0.6) is 0 Å². The lowest BCUT2D eigenvalue weighted by molar-refractivity contribution is -0.122. The van der Waals surface area contributed by atoms with E-state index in [2.05, 4.69) is 10.6 Å². The number of anilines is 2. The van der Waals surface area contributed by atoms with Crippen molar-refractivity contribution in [2.45, 2.75) is 32.3 Å². The summed E-state index contributed by atoms with van der Waals surface area (Å²) in [7, 11) is 0. The Labute approximate surface area is 181 Å². The van der Waals surface area contributed by atoms with Crippen LogP contribution in [0, 0.1) is 12.8 Å². The van der Waals surface area contributed by atoms with Gasteiger partial charge >= 0.3 is 0 Å². The maximum atomic E-state index is 12.9. The number of nitrogens with one attached hydrogen (secondary N) is 2. The van der Waals surface area contributed by atoms with Crippen LogP contribution in [0.1, 0.15) is 35.2 Å². The molecule has 2 aromatic rings. The Morgan fingerprint density at radius 3 is 2.68 bits per heavy atom. The first kappa shape index (κ1) is 21.1. The molecule has 0 aromatic heterocycles. The Balaban J connectivity index is 1.41. The van der Waals surface area contributed by atoms with E-state index in [1.807, 2.05) is 31.2 Å². The monoisotopic (exact) mass is 421 g/mol. The molecule has 2 aliphatic rings. The van der Waals surface area contributed by atoms with Crippen LogP contribution in [-0.2, 0) is 14.3 Å². The van der Waals surface area contributed by atoms with E-state index in [-0.39, 0.29) is 30.2 Å². The Bertz CT molecular complexity index is 984. The molecule has 7 heteroatoms. The Hall–Kier alpha value is -3.19. The second-order valence-electron chi connectivity index (χ2n) is 8.07. The lowest BCUT2D eigenvalue weighted by Gasteiger charge is -2.19. The van der Waals surface area contributed by atoms with Crippen molar-refractivity contribution in [2.24, 2.45) is 5.92 Å². The topological polar surface area (TPSA) is 87.7 Å². The molecule has 4 rings (SSSR count). The number of carbonyl (C=O) groups is 3. The van der Waals surface area contributed by atoms with Crippen molar-refractivity contribution in [3.8, 4) is 0 Å². The number of hydrogen-bond acceptors (Lipinski definition) is 4. The summed E-state index contributed by atoms with van der Waals surface area (Å²) in [6, 6.07) is 14.6. The average molecular weight is 421 g/mol. The third-order valence-electron chi connectivity index (χ3n) is 5.85. The van der Waals surface area contributed by atoms with Crippen LogP contribution >= 0.6 is 0 Å². The van der Waals surface area contributed by atoms with Crippen LogP contribution in [0.25, 0.3) is 0 Å². The SMILES string of the molecule is Cc1ccccc1N1C[C@H](C(=O)Nc2ccccc2C(=O)NC[C@@H]2CCCO2)CC1=O. The maximum Gasteiger partial charge on any atom is 0.253 e. The molecule has 2 heterocycles. The Morgan fingerprint density at radius 2 is 1.90 bits per heavy atom. The number of aryl methyl sites for hydroxylation is 1. The minimum absolute atomic E-state index is 0.0441. The summed E-state index contributed by atoms with van der Waals surface area (Å²) in [4.78, 5) is 39.8. The molecule has 0 saturated carbocycles. The van der Waals surface area contributed by atoms with Crippen molar-refractivity contribution in [1.29, 1.82) is 0 Å². The van der Waals surface area contributed by atoms with Gasteiger partial charge in [-0.15, -0.1) is 0 Å². The van der Waals surface area contributed by atoms with Gasteiger partial charge in [-0.05, 0) is 43.5 Å². The summed E-state index contributed by atoms with van der Waals surface area (Å²) >= 11 is 0. The van der Waals surface area contributed by atoms with Crippen molar-refractivity contribution in [3.05, 3.63) is 59.7 Å². The van der Waals surface area contributed by atoms with Crippen LogP contribution in [-0.4, -0.2) is 43.5 Å². The van der Waals surface area contributed by atoms with E-state index in [1.54, 1.807) is 29.2 Å². The highest BCUT2D eigenvalue weighted by Crippen LogP contribution is 2.28. The van der Waals surface area contributed by atoms with Crippen molar-refractivity contribution in [3.63, 3.8) is 0 Å². The van der Waals surface area contributed by atoms with Gasteiger partial charge < -0.3 is 20.3 Å². The van der Waals surface area contributed by atoms with Gasteiger partial charge in [0.2, 0.25) is 11.8 Å². The molecule has 0 bridgehead atoms. The van der Waals surface area contributed by atoms with Crippen molar-refractivity contribution in [1.82, 2.24) is 5.32 Å². The number of hydrogen-bond donors (Lipinski definition) is 2. The molecular weight excluding hydrogens is 394 g/mol. The summed E-state index contributed by atoms with van der Waals surface area (Å²) < 4.78 is 5.55. The first-order chi connectivity index (χ1) is 15.0. The number of para-hydroxylation sites is 2. The Kier molecular flexibility index (Phi) is 6.32. The molecule has 3 amide bonds. The third-order valence-corrected chi connectivity index (χ3v) is 5.85. The van der Waals surface area contributed by atoms with Crippen molar-refractivity contribution >= 4 is 29.1 Å². The molecule has 0 spiro atoms. The van der Waals surface area contributed by atoms with Crippen LogP contribution in [0.2, 0.25) is 0 Å². The molecule has 2 N–H and O–H groups in total. The smallest absolute Gasteiger partial charge is 0.253 e. The van der Waals surface area contributed by atoms with Crippen LogP contribution in [0.4, 0.5) is 11.4 Å². The van der Waals surface area contributed by atoms with Gasteiger partial charge in [-0.25, -0.2) is 0 Å². The molecule has 2 fully saturated rings. The number of rotatable bonds is 6. The second kappa shape index (κ2) is 9.31. The van der Waals surface area contributed by atoms with Gasteiger partial charge in [-0.2, -0.15) is 0 Å². The maximum absolute atomic E-state index is 12.9. The first-order valence-electron chi connectivity index (χ1n) is 10.7. The lowest BCUT2D eigenvalue weighted by atomic mass is 10.1. The fraction of sp³-hybridized carbons (Fsp3) is 0.375. The molecule has 7 nitrogen and oxygen atoms in total. The average Bonchev–Trinajstić information content (AvgIpc) is 3.42. The minimum Gasteiger partial charge on any atom is -0.376 e. The van der Waals surface area contributed by atoms with Gasteiger partial charge in [0.05, 0.1) is 23.3 Å². The molecule has 2 atom stereocenters. The van der Waals surface area contributed by atoms with Gasteiger partial charge in [0, 0.05) is 31.8 Å². The highest BCUT2D eigenvalue weighted by atomic mass is 16.5. The molecule has 162 valence electrons. The van der Waals surface area contributed by atoms with E-state index in [0.29, 0.717) is 24.3 Å². The van der Waals surface area contributed by atoms with E-state index in [0.717, 1.165) is 30.7 Å². The third kappa shape index (κ3) is 4.77. The summed E-state index contributed by atoms with van der Waals surface area (Å²) in [6.45, 7) is 3.45. The highest BCUT2D eigenvalue weighted by molar-refractivity contribution is 6.07. The summed E-state index contributed by atoms with van der Waals surface area (Å²) in [5.74, 6) is -1.06. The zero-order chi connectivity index (χ0) is 21.8. The van der Waals surface area contributed by atoms with E-state index >= 15 is 0 Å². The van der Waals surface area contributed by atoms with Gasteiger partial charge in [0.1, 0.15) is 0 Å². The lowest BCUT2D eigenvalue weighted by Crippen LogP contribution is -2.33. The highest BCUT2D eigenvalue weighted by Gasteiger charge is 2.36. The van der Waals surface area contributed by atoms with Crippen molar-refractivity contribution in [2.75, 3.05) is 29.9 Å². The van der Waals surface area contributed by atoms with Crippen LogP contribution < -0.4 is 15.5 Å². The number of benzene rings is 2. The quantitative estimate of drug-likeness (QED) is 0.751. The molecule has 31 heavy (non-hydrogen) atoms. The largest absolute Gasteiger partial charge is 0.376 e. The predicted octanol–water partition coefficient (Wildman–Crippen LogP) is 2.90. The molecular formula is C24H27N3O4. The summed E-state index contributed by atoms with van der Waals surface area (Å²) in [5, 5.41) is 5.75. The van der Waals surface area contributed by atoms with E-state index in [4.69, 9.17) is 4.74 Å². The number of nitrogens with zero attached hydrogens (tertiary/aromatic N) is 1. The molecule has 2 aliphatic heterocycles.